The highest BCUT2D eigenvalue weighted by Gasteiger charge is 1.77. The second-order valence-electron chi connectivity index (χ2n) is 1.35. The Bertz CT molecular complexity index is 141. The highest BCUT2D eigenvalue weighted by molar-refractivity contribution is 4.94. The molecule has 0 unspecified atom stereocenters. The van der Waals surface area contributed by atoms with Gasteiger partial charge in [-0.3, -0.25) is 0 Å². The lowest BCUT2D eigenvalue weighted by Crippen LogP contribution is -1.74. The molecule has 0 aliphatic carbocycles. The summed E-state index contributed by atoms with van der Waals surface area (Å²) in [5.74, 6) is 3.47. The van der Waals surface area contributed by atoms with Crippen LogP contribution in [0.1, 0.15) is 23.6 Å². The lowest BCUT2D eigenvalue weighted by molar-refractivity contribution is 0.386. The molecular formula is C7H14O. The topological polar surface area (TPSA) is 9.23 Å². The van der Waals surface area contributed by atoms with Crippen molar-refractivity contribution in [2.75, 3.05) is 0 Å². The maximum absolute atomic E-state index is 4.84. The van der Waals surface area contributed by atoms with E-state index in [0.29, 0.717) is 0 Å². The molecule has 0 aromatic rings. The van der Waals surface area contributed by atoms with E-state index >= 15 is 0 Å². The van der Waals surface area contributed by atoms with E-state index in [4.69, 9.17) is 4.74 Å². The second-order valence-corrected chi connectivity index (χ2v) is 1.35. The normalized spacial score (nSPS) is 9.62. The van der Waals surface area contributed by atoms with Crippen molar-refractivity contribution in [2.24, 2.45) is 0 Å². The minimum absolute atomic E-state index is 0. The van der Waals surface area contributed by atoms with Gasteiger partial charge in [0.1, 0.15) is 11.9 Å². The molecule has 0 aromatic heterocycles. The van der Waals surface area contributed by atoms with Crippen LogP contribution < -0.4 is 0 Å². The molecule has 0 rings (SSSR count). The molecule has 0 aliphatic rings. The number of hydrogen-bond acceptors (Lipinski definition) is 1. The van der Waals surface area contributed by atoms with Gasteiger partial charge >= 0.3 is 0 Å². The van der Waals surface area contributed by atoms with Crippen LogP contribution in [0.25, 0.3) is 0 Å². The Morgan fingerprint density at radius 1 is 1.75 bits per heavy atom. The molecule has 0 atom stereocenters. The summed E-state index contributed by atoms with van der Waals surface area (Å²) in [4.78, 5) is 0. The monoisotopic (exact) mass is 114 g/mol. The molecule has 0 heterocycles. The smallest absolute Gasteiger partial charge is 0.115 e. The summed E-state index contributed by atoms with van der Waals surface area (Å²) in [7, 11) is 0. The van der Waals surface area contributed by atoms with Crippen molar-refractivity contribution in [1.29, 1.82) is 0 Å². The third-order valence-electron chi connectivity index (χ3n) is 0.721. The minimum atomic E-state index is 0. The summed E-state index contributed by atoms with van der Waals surface area (Å²) >= 11 is 0. The van der Waals surface area contributed by atoms with Gasteiger partial charge in [0.2, 0.25) is 0 Å². The zero-order chi connectivity index (χ0) is 6.41. The Kier molecular flexibility index (Phi) is 3.78. The highest BCUT2D eigenvalue weighted by Crippen LogP contribution is 1.90. The quantitative estimate of drug-likeness (QED) is 0.375. The third-order valence-corrected chi connectivity index (χ3v) is 0.721. The molecule has 0 aromatic carbocycles. The van der Waals surface area contributed by atoms with Crippen LogP contribution in [0.2, 0.25) is 0 Å². The van der Waals surface area contributed by atoms with Crippen LogP contribution in [0.3, 0.4) is 0 Å². The van der Waals surface area contributed by atoms with Gasteiger partial charge in [-0.05, 0) is 19.9 Å². The summed E-state index contributed by atoms with van der Waals surface area (Å²) in [6.45, 7) is 5.51. The van der Waals surface area contributed by atoms with Gasteiger partial charge in [-0.25, -0.2) is 0 Å². The Balaban J connectivity index is -0.000000245. The van der Waals surface area contributed by atoms with Gasteiger partial charge in [0.25, 0.3) is 0 Å². The van der Waals surface area contributed by atoms with Gasteiger partial charge in [-0.15, -0.1) is 0 Å². The summed E-state index contributed by atoms with van der Waals surface area (Å²) in [5, 5.41) is 0. The molecular weight excluding hydrogens is 100 g/mol. The van der Waals surface area contributed by atoms with Crippen molar-refractivity contribution in [3.8, 4) is 12.0 Å². The molecule has 0 saturated heterocycles. The molecule has 0 fully saturated rings. The van der Waals surface area contributed by atoms with Gasteiger partial charge < -0.3 is 4.74 Å². The first kappa shape index (κ1) is 7.10. The van der Waals surface area contributed by atoms with Crippen molar-refractivity contribution >= 4 is 0 Å². The van der Waals surface area contributed by atoms with Crippen LogP contribution in [0.5, 0.6) is 0 Å². The number of allylic oxidation sites excluding steroid dienone is 2. The molecule has 0 amide bonds. The summed E-state index contributed by atoms with van der Waals surface area (Å²) in [6, 6.07) is 0. The molecule has 1 heteroatoms. The Hall–Kier alpha value is -0.900. The van der Waals surface area contributed by atoms with Gasteiger partial charge in [0, 0.05) is 9.78 Å². The summed E-state index contributed by atoms with van der Waals surface area (Å²) < 4.78 is 4.84. The lowest BCUT2D eigenvalue weighted by Gasteiger charge is -1.90. The first-order valence-corrected chi connectivity index (χ1v) is 2.52. The molecule has 0 bridgehead atoms. The minimum Gasteiger partial charge on any atom is -0.413 e. The van der Waals surface area contributed by atoms with Crippen LogP contribution in [0.4, 0.5) is 0 Å². The molecule has 0 saturated carbocycles. The molecule has 0 N–H and O–H groups in total. The van der Waals surface area contributed by atoms with Crippen molar-refractivity contribution < 1.29 is 7.59 Å². The second kappa shape index (κ2) is 4.26. The number of hydrogen-bond donors (Lipinski definition) is 0. The average molecular weight is 114 g/mol. The van der Waals surface area contributed by atoms with Crippen LogP contribution in [0.15, 0.2) is 11.8 Å². The predicted octanol–water partition coefficient (Wildman–Crippen LogP) is 2.40. The maximum Gasteiger partial charge on any atom is 0.115 e. The fourth-order valence-corrected chi connectivity index (χ4v) is 0.190. The van der Waals surface area contributed by atoms with E-state index in [1.54, 1.807) is 6.92 Å². The Morgan fingerprint density at radius 2 is 2.38 bits per heavy atom. The largest absolute Gasteiger partial charge is 0.413 e. The van der Waals surface area contributed by atoms with E-state index in [1.807, 2.05) is 19.9 Å². The van der Waals surface area contributed by atoms with E-state index < -0.39 is 0 Å². The highest BCUT2D eigenvalue weighted by atomic mass is 16.5. The van der Waals surface area contributed by atoms with Crippen molar-refractivity contribution in [3.63, 3.8) is 0 Å². The Morgan fingerprint density at radius 3 is 2.75 bits per heavy atom. The van der Waals surface area contributed by atoms with Crippen molar-refractivity contribution in [3.05, 3.63) is 11.8 Å². The van der Waals surface area contributed by atoms with Gasteiger partial charge in [-0.1, -0.05) is 5.92 Å². The van der Waals surface area contributed by atoms with E-state index in [9.17, 15) is 0 Å². The van der Waals surface area contributed by atoms with E-state index in [-0.39, 0.29) is 2.85 Å². The van der Waals surface area contributed by atoms with Crippen molar-refractivity contribution in [2.45, 2.75) is 20.8 Å². The van der Waals surface area contributed by atoms with Gasteiger partial charge in [-0.2, -0.15) is 0 Å². The molecule has 48 valence electrons. The van der Waals surface area contributed by atoms with Crippen molar-refractivity contribution in [1.82, 2.24) is 0 Å². The standard InChI is InChI=1S/C7H10O.2H2/c1-4-6-8-7(3)5-2;;/h5H,1-3H3;2*1H/b7-5+;;. The van der Waals surface area contributed by atoms with Crippen LogP contribution in [-0.2, 0) is 4.74 Å². The van der Waals surface area contributed by atoms with E-state index in [1.165, 1.54) is 0 Å². The Labute approximate surface area is 53.3 Å². The third kappa shape index (κ3) is 3.30. The molecule has 8 heavy (non-hydrogen) atoms. The van der Waals surface area contributed by atoms with Crippen LogP contribution in [-0.4, -0.2) is 0 Å². The van der Waals surface area contributed by atoms with E-state index in [0.717, 1.165) is 5.76 Å². The zero-order valence-corrected chi connectivity index (χ0v) is 5.49. The predicted molar refractivity (Wildman–Crippen MR) is 38.2 cm³/mol. The number of rotatable bonds is 1. The van der Waals surface area contributed by atoms with Crippen LogP contribution >= 0.6 is 0 Å². The average Bonchev–Trinajstić information content (AvgIpc) is 1.83. The number of ether oxygens (including phenoxy) is 1. The van der Waals surface area contributed by atoms with Gasteiger partial charge in [0.05, 0.1) is 0 Å². The fraction of sp³-hybridized carbons (Fsp3) is 0.429. The summed E-state index contributed by atoms with van der Waals surface area (Å²) in [5.41, 5.74) is 0. The van der Waals surface area contributed by atoms with E-state index in [2.05, 4.69) is 12.0 Å². The van der Waals surface area contributed by atoms with Crippen LogP contribution in [0, 0.1) is 12.0 Å². The molecule has 0 spiro atoms. The van der Waals surface area contributed by atoms with Gasteiger partial charge in [0.15, 0.2) is 0 Å². The summed E-state index contributed by atoms with van der Waals surface area (Å²) in [6.07, 6.45) is 4.35. The lowest BCUT2D eigenvalue weighted by atomic mass is 10.5. The first-order valence-electron chi connectivity index (χ1n) is 2.52. The fourth-order valence-electron chi connectivity index (χ4n) is 0.190. The zero-order valence-electron chi connectivity index (χ0n) is 5.49. The molecule has 1 nitrogen and oxygen atoms in total. The molecule has 0 aliphatic heterocycles. The SMILES string of the molecule is CC#CO/C(C)=C/C.[HH].[HH]. The first-order chi connectivity index (χ1) is 3.81. The maximum atomic E-state index is 4.84. The molecule has 0 radical (unpaired) electrons.